The molecule has 0 unspecified atom stereocenters. The van der Waals surface area contributed by atoms with E-state index in [1.54, 1.807) is 22.7 Å². The molecule has 0 amide bonds. The van der Waals surface area contributed by atoms with Gasteiger partial charge in [0.05, 0.1) is 4.88 Å². The summed E-state index contributed by atoms with van der Waals surface area (Å²) < 4.78 is 2.42. The molecule has 2 aromatic carbocycles. The summed E-state index contributed by atoms with van der Waals surface area (Å²) in [6, 6.07) is 18.5. The summed E-state index contributed by atoms with van der Waals surface area (Å²) in [5, 5.41) is 4.43. The summed E-state index contributed by atoms with van der Waals surface area (Å²) in [6.45, 7) is 0. The lowest BCUT2D eigenvalue weighted by Crippen LogP contribution is -2.01. The van der Waals surface area contributed by atoms with Crippen molar-refractivity contribution in [2.75, 3.05) is 0 Å². The molecular weight excluding hydrogens is 296 g/mol. The monoisotopic (exact) mass is 308 g/mol. The molecule has 0 aliphatic rings. The standard InChI is InChI=1S/C18H12OS2/c19-15(17-11-18-16(21-17)8-9-20-18)10-13-6-3-5-12-4-1-2-7-14(12)13/h1-9,11H,10H2. The zero-order valence-electron chi connectivity index (χ0n) is 11.2. The Labute approximate surface area is 130 Å². The molecule has 2 heterocycles. The molecule has 3 heteroatoms. The second-order valence-electron chi connectivity index (χ2n) is 5.00. The Morgan fingerprint density at radius 2 is 1.81 bits per heavy atom. The number of ketones is 1. The van der Waals surface area contributed by atoms with E-state index in [2.05, 4.69) is 35.7 Å². The van der Waals surface area contributed by atoms with Crippen LogP contribution in [-0.4, -0.2) is 5.78 Å². The highest BCUT2D eigenvalue weighted by Gasteiger charge is 2.13. The molecule has 1 nitrogen and oxygen atoms in total. The fourth-order valence-electron chi connectivity index (χ4n) is 2.61. The molecule has 0 spiro atoms. The average Bonchev–Trinajstić information content (AvgIpc) is 3.09. The highest BCUT2D eigenvalue weighted by Crippen LogP contribution is 2.31. The third-order valence-electron chi connectivity index (χ3n) is 3.65. The molecule has 2 aromatic heterocycles. The normalized spacial score (nSPS) is 11.2. The summed E-state index contributed by atoms with van der Waals surface area (Å²) in [5.41, 5.74) is 1.11. The Balaban J connectivity index is 1.71. The Morgan fingerprint density at radius 1 is 0.952 bits per heavy atom. The molecule has 0 fully saturated rings. The van der Waals surface area contributed by atoms with Crippen LogP contribution in [0.3, 0.4) is 0 Å². The number of fused-ring (bicyclic) bond motifs is 2. The van der Waals surface area contributed by atoms with Crippen LogP contribution < -0.4 is 0 Å². The molecule has 0 radical (unpaired) electrons. The molecule has 0 N–H and O–H groups in total. The van der Waals surface area contributed by atoms with Gasteiger partial charge in [-0.1, -0.05) is 42.5 Å². The molecule has 0 atom stereocenters. The van der Waals surface area contributed by atoms with Crippen LogP contribution in [0.1, 0.15) is 15.2 Å². The average molecular weight is 308 g/mol. The van der Waals surface area contributed by atoms with E-state index >= 15 is 0 Å². The summed E-state index contributed by atoms with van der Waals surface area (Å²) in [4.78, 5) is 13.4. The van der Waals surface area contributed by atoms with Gasteiger partial charge in [0, 0.05) is 15.8 Å². The lowest BCUT2D eigenvalue weighted by molar-refractivity contribution is 0.0997. The Hall–Kier alpha value is -1.97. The molecule has 102 valence electrons. The van der Waals surface area contributed by atoms with Gasteiger partial charge in [0.25, 0.3) is 0 Å². The van der Waals surface area contributed by atoms with E-state index in [9.17, 15) is 4.79 Å². The first-order valence-electron chi connectivity index (χ1n) is 6.78. The topological polar surface area (TPSA) is 17.1 Å². The summed E-state index contributed by atoms with van der Waals surface area (Å²) >= 11 is 3.29. The highest BCUT2D eigenvalue weighted by atomic mass is 32.1. The zero-order valence-corrected chi connectivity index (χ0v) is 12.8. The van der Waals surface area contributed by atoms with Crippen molar-refractivity contribution in [3.63, 3.8) is 0 Å². The van der Waals surface area contributed by atoms with Crippen molar-refractivity contribution in [3.05, 3.63) is 70.4 Å². The van der Waals surface area contributed by atoms with E-state index < -0.39 is 0 Å². The van der Waals surface area contributed by atoms with Gasteiger partial charge in [-0.2, -0.15) is 0 Å². The molecule has 4 rings (SSSR count). The minimum Gasteiger partial charge on any atom is -0.293 e. The van der Waals surface area contributed by atoms with Gasteiger partial charge in [-0.05, 0) is 33.8 Å². The third-order valence-corrected chi connectivity index (χ3v) is 5.78. The number of thiophene rings is 2. The van der Waals surface area contributed by atoms with E-state index in [1.165, 1.54) is 20.2 Å². The van der Waals surface area contributed by atoms with Crippen LogP contribution in [0.5, 0.6) is 0 Å². The van der Waals surface area contributed by atoms with Gasteiger partial charge in [0.15, 0.2) is 5.78 Å². The number of hydrogen-bond acceptors (Lipinski definition) is 3. The Bertz CT molecular complexity index is 912. The maximum Gasteiger partial charge on any atom is 0.177 e. The van der Waals surface area contributed by atoms with Gasteiger partial charge in [0.1, 0.15) is 0 Å². The summed E-state index contributed by atoms with van der Waals surface area (Å²) in [6.07, 6.45) is 0.467. The number of rotatable bonds is 3. The maximum atomic E-state index is 12.5. The van der Waals surface area contributed by atoms with Crippen molar-refractivity contribution in [1.82, 2.24) is 0 Å². The number of Topliss-reactive ketones (excluding diaryl/α,β-unsaturated/α-hetero) is 1. The molecular formula is C18H12OS2. The van der Waals surface area contributed by atoms with Crippen LogP contribution in [0.25, 0.3) is 20.2 Å². The molecule has 0 aliphatic heterocycles. The van der Waals surface area contributed by atoms with Crippen molar-refractivity contribution in [3.8, 4) is 0 Å². The van der Waals surface area contributed by atoms with Gasteiger partial charge < -0.3 is 0 Å². The Kier molecular flexibility index (Phi) is 3.09. The highest BCUT2D eigenvalue weighted by molar-refractivity contribution is 7.27. The SMILES string of the molecule is O=C(Cc1cccc2ccccc12)c1cc2sccc2s1. The quantitative estimate of drug-likeness (QED) is 0.454. The van der Waals surface area contributed by atoms with Crippen molar-refractivity contribution in [2.45, 2.75) is 6.42 Å². The van der Waals surface area contributed by atoms with Gasteiger partial charge >= 0.3 is 0 Å². The van der Waals surface area contributed by atoms with Crippen LogP contribution >= 0.6 is 22.7 Å². The number of benzene rings is 2. The van der Waals surface area contributed by atoms with E-state index in [0.29, 0.717) is 6.42 Å². The van der Waals surface area contributed by atoms with Gasteiger partial charge in [-0.3, -0.25) is 4.79 Å². The van der Waals surface area contributed by atoms with Crippen LogP contribution in [0.15, 0.2) is 60.0 Å². The second-order valence-corrected chi connectivity index (χ2v) is 7.03. The molecule has 21 heavy (non-hydrogen) atoms. The zero-order chi connectivity index (χ0) is 14.2. The molecule has 0 saturated carbocycles. The predicted molar refractivity (Wildman–Crippen MR) is 91.7 cm³/mol. The number of hydrogen-bond donors (Lipinski definition) is 0. The maximum absolute atomic E-state index is 12.5. The number of carbonyl (C=O) groups is 1. The van der Waals surface area contributed by atoms with Crippen LogP contribution in [0, 0.1) is 0 Å². The lowest BCUT2D eigenvalue weighted by atomic mass is 10.00. The summed E-state index contributed by atoms with van der Waals surface area (Å²) in [7, 11) is 0. The van der Waals surface area contributed by atoms with E-state index in [-0.39, 0.29) is 5.78 Å². The second kappa shape index (κ2) is 5.10. The molecule has 4 aromatic rings. The first-order valence-corrected chi connectivity index (χ1v) is 8.48. The molecule has 0 saturated heterocycles. The van der Waals surface area contributed by atoms with Crippen LogP contribution in [0.4, 0.5) is 0 Å². The van der Waals surface area contributed by atoms with Crippen molar-refractivity contribution >= 4 is 48.6 Å². The van der Waals surface area contributed by atoms with Crippen LogP contribution in [0.2, 0.25) is 0 Å². The fourth-order valence-corrected chi connectivity index (χ4v) is 4.66. The first-order chi connectivity index (χ1) is 10.3. The Morgan fingerprint density at radius 3 is 2.71 bits per heavy atom. The van der Waals surface area contributed by atoms with Crippen LogP contribution in [-0.2, 0) is 6.42 Å². The largest absolute Gasteiger partial charge is 0.293 e. The lowest BCUT2D eigenvalue weighted by Gasteiger charge is -2.05. The van der Waals surface area contributed by atoms with Gasteiger partial charge in [-0.25, -0.2) is 0 Å². The van der Waals surface area contributed by atoms with Crippen molar-refractivity contribution in [2.24, 2.45) is 0 Å². The minimum absolute atomic E-state index is 0.208. The van der Waals surface area contributed by atoms with Crippen molar-refractivity contribution < 1.29 is 4.79 Å². The molecule has 0 bridgehead atoms. The number of carbonyl (C=O) groups excluding carboxylic acids is 1. The van der Waals surface area contributed by atoms with Gasteiger partial charge in [-0.15, -0.1) is 22.7 Å². The molecule has 0 aliphatic carbocycles. The third kappa shape index (κ3) is 2.28. The minimum atomic E-state index is 0.208. The van der Waals surface area contributed by atoms with E-state index in [4.69, 9.17) is 0 Å². The fraction of sp³-hybridized carbons (Fsp3) is 0.0556. The predicted octanol–water partition coefficient (Wildman–Crippen LogP) is 5.54. The van der Waals surface area contributed by atoms with E-state index in [1.807, 2.05) is 24.3 Å². The smallest absolute Gasteiger partial charge is 0.177 e. The first kappa shape index (κ1) is 12.7. The summed E-state index contributed by atoms with van der Waals surface area (Å²) in [5.74, 6) is 0.208. The van der Waals surface area contributed by atoms with Crippen molar-refractivity contribution in [1.29, 1.82) is 0 Å². The van der Waals surface area contributed by atoms with Gasteiger partial charge in [0.2, 0.25) is 0 Å². The van der Waals surface area contributed by atoms with E-state index in [0.717, 1.165) is 10.4 Å².